The summed E-state index contributed by atoms with van der Waals surface area (Å²) in [7, 11) is 0. The maximum absolute atomic E-state index is 9.65. The van der Waals surface area contributed by atoms with Crippen molar-refractivity contribution in [3.8, 4) is 17.2 Å². The summed E-state index contributed by atoms with van der Waals surface area (Å²) in [5.41, 5.74) is 4.10. The normalized spacial score (nSPS) is 11.3. The molecule has 3 aromatic rings. The maximum atomic E-state index is 9.65. The van der Waals surface area contributed by atoms with Crippen molar-refractivity contribution in [3.63, 3.8) is 0 Å². The van der Waals surface area contributed by atoms with Gasteiger partial charge in [0, 0.05) is 23.2 Å². The monoisotopic (exact) mass is 363 g/mol. The maximum Gasteiger partial charge on any atom is 0.111 e. The Morgan fingerprint density at radius 2 is 1.96 bits per heavy atom. The summed E-state index contributed by atoms with van der Waals surface area (Å²) in [5.74, 6) is 2.07. The van der Waals surface area contributed by atoms with E-state index in [9.17, 15) is 5.26 Å². The van der Waals surface area contributed by atoms with Crippen molar-refractivity contribution in [2.24, 2.45) is 5.92 Å². The van der Waals surface area contributed by atoms with Crippen molar-refractivity contribution >= 4 is 11.3 Å². The number of hydrogen-bond donors (Lipinski definition) is 0. The molecule has 3 rings (SSSR count). The number of nitrogens with zero attached hydrogens (tertiary/aromatic N) is 3. The quantitative estimate of drug-likeness (QED) is 0.551. The molecule has 1 aromatic carbocycles. The van der Waals surface area contributed by atoms with Crippen LogP contribution >= 0.6 is 11.3 Å². The highest BCUT2D eigenvalue weighted by Crippen LogP contribution is 2.29. The smallest absolute Gasteiger partial charge is 0.111 e. The van der Waals surface area contributed by atoms with Gasteiger partial charge in [0.15, 0.2) is 0 Å². The van der Waals surface area contributed by atoms with Crippen LogP contribution in [0.15, 0.2) is 42.0 Å². The fraction of sp³-hybridized carbons (Fsp3) is 0.364. The van der Waals surface area contributed by atoms with Crippen molar-refractivity contribution in [1.29, 1.82) is 5.26 Å². The Balaban J connectivity index is 1.87. The van der Waals surface area contributed by atoms with Gasteiger partial charge in [-0.2, -0.15) is 5.26 Å². The SMILES string of the molecule is CC(C)Cc1cc(-c2ccc(Cn3ccnc3C(C)C)c(C#N)c2)cs1. The lowest BCUT2D eigenvalue weighted by atomic mass is 10.0. The molecule has 0 aliphatic carbocycles. The number of rotatable bonds is 6. The fourth-order valence-electron chi connectivity index (χ4n) is 3.18. The minimum atomic E-state index is 0.361. The summed E-state index contributed by atoms with van der Waals surface area (Å²) in [5, 5.41) is 11.8. The van der Waals surface area contributed by atoms with Gasteiger partial charge in [-0.15, -0.1) is 11.3 Å². The van der Waals surface area contributed by atoms with Gasteiger partial charge in [0.25, 0.3) is 0 Å². The summed E-state index contributed by atoms with van der Waals surface area (Å²) in [6.45, 7) is 9.43. The highest BCUT2D eigenvalue weighted by molar-refractivity contribution is 7.10. The van der Waals surface area contributed by atoms with Crippen LogP contribution < -0.4 is 0 Å². The Labute approximate surface area is 160 Å². The van der Waals surface area contributed by atoms with E-state index >= 15 is 0 Å². The van der Waals surface area contributed by atoms with Gasteiger partial charge < -0.3 is 4.57 Å². The van der Waals surface area contributed by atoms with E-state index in [0.29, 0.717) is 18.4 Å². The molecular weight excluding hydrogens is 338 g/mol. The van der Waals surface area contributed by atoms with Crippen molar-refractivity contribution in [2.75, 3.05) is 0 Å². The summed E-state index contributed by atoms with van der Waals surface area (Å²) in [6.07, 6.45) is 4.92. The fourth-order valence-corrected chi connectivity index (χ4v) is 4.29. The second kappa shape index (κ2) is 7.88. The molecule has 4 heteroatoms. The van der Waals surface area contributed by atoms with E-state index < -0.39 is 0 Å². The van der Waals surface area contributed by atoms with Crippen LogP contribution in [0.5, 0.6) is 0 Å². The van der Waals surface area contributed by atoms with Crippen molar-refractivity contribution < 1.29 is 0 Å². The van der Waals surface area contributed by atoms with Crippen LogP contribution in [-0.2, 0) is 13.0 Å². The van der Waals surface area contributed by atoms with Gasteiger partial charge >= 0.3 is 0 Å². The molecule has 0 unspecified atom stereocenters. The molecular formula is C22H25N3S. The molecule has 0 radical (unpaired) electrons. The van der Waals surface area contributed by atoms with E-state index in [0.717, 1.165) is 28.9 Å². The van der Waals surface area contributed by atoms with E-state index in [1.807, 2.05) is 18.5 Å². The molecule has 0 fully saturated rings. The number of hydrogen-bond acceptors (Lipinski definition) is 3. The number of benzene rings is 1. The van der Waals surface area contributed by atoms with Gasteiger partial charge in [-0.3, -0.25) is 0 Å². The number of aromatic nitrogens is 2. The van der Waals surface area contributed by atoms with E-state index in [1.165, 1.54) is 10.4 Å². The minimum Gasteiger partial charge on any atom is -0.330 e. The Morgan fingerprint density at radius 3 is 2.65 bits per heavy atom. The molecule has 0 spiro atoms. The topological polar surface area (TPSA) is 41.6 Å². The summed E-state index contributed by atoms with van der Waals surface area (Å²) in [4.78, 5) is 5.84. The average Bonchev–Trinajstić information content (AvgIpc) is 3.24. The van der Waals surface area contributed by atoms with E-state index in [1.54, 1.807) is 11.3 Å². The molecule has 134 valence electrons. The van der Waals surface area contributed by atoms with Crippen LogP contribution in [-0.4, -0.2) is 9.55 Å². The third kappa shape index (κ3) is 4.05. The average molecular weight is 364 g/mol. The zero-order chi connectivity index (χ0) is 18.7. The van der Waals surface area contributed by atoms with Crippen LogP contribution in [0.2, 0.25) is 0 Å². The van der Waals surface area contributed by atoms with E-state index in [4.69, 9.17) is 0 Å². The van der Waals surface area contributed by atoms with Crippen molar-refractivity contribution in [2.45, 2.75) is 46.6 Å². The van der Waals surface area contributed by atoms with Crippen LogP contribution in [0.25, 0.3) is 11.1 Å². The molecule has 2 aromatic heterocycles. The van der Waals surface area contributed by atoms with Crippen LogP contribution in [0.3, 0.4) is 0 Å². The molecule has 0 saturated heterocycles. The highest BCUT2D eigenvalue weighted by atomic mass is 32.1. The summed E-state index contributed by atoms with van der Waals surface area (Å²) >= 11 is 1.80. The Morgan fingerprint density at radius 1 is 1.15 bits per heavy atom. The molecule has 0 bridgehead atoms. The number of thiophene rings is 1. The molecule has 0 aliphatic rings. The lowest BCUT2D eigenvalue weighted by molar-refractivity contribution is 0.654. The molecule has 2 heterocycles. The van der Waals surface area contributed by atoms with Gasteiger partial charge in [-0.05, 0) is 46.5 Å². The first-order valence-electron chi connectivity index (χ1n) is 9.09. The van der Waals surface area contributed by atoms with Crippen LogP contribution in [0.1, 0.15) is 55.4 Å². The molecule has 0 amide bonds. The molecule has 0 atom stereocenters. The minimum absolute atomic E-state index is 0.361. The summed E-state index contributed by atoms with van der Waals surface area (Å²) < 4.78 is 2.13. The highest BCUT2D eigenvalue weighted by Gasteiger charge is 2.12. The number of imidazole rings is 1. The van der Waals surface area contributed by atoms with Crippen LogP contribution in [0, 0.1) is 17.2 Å². The van der Waals surface area contributed by atoms with Crippen LogP contribution in [0.4, 0.5) is 0 Å². The lowest BCUT2D eigenvalue weighted by Crippen LogP contribution is -2.07. The lowest BCUT2D eigenvalue weighted by Gasteiger charge is -2.12. The summed E-state index contributed by atoms with van der Waals surface area (Å²) in [6, 6.07) is 10.9. The molecule has 0 aliphatic heterocycles. The first-order chi connectivity index (χ1) is 12.5. The van der Waals surface area contributed by atoms with E-state index in [-0.39, 0.29) is 0 Å². The predicted octanol–water partition coefficient (Wildman–Crippen LogP) is 5.85. The molecule has 26 heavy (non-hydrogen) atoms. The van der Waals surface area contributed by atoms with Crippen molar-refractivity contribution in [1.82, 2.24) is 9.55 Å². The van der Waals surface area contributed by atoms with E-state index in [2.05, 4.69) is 66.9 Å². The zero-order valence-corrected chi connectivity index (χ0v) is 16.7. The third-order valence-corrected chi connectivity index (χ3v) is 5.39. The predicted molar refractivity (Wildman–Crippen MR) is 108 cm³/mol. The zero-order valence-electron chi connectivity index (χ0n) is 15.9. The Hall–Kier alpha value is -2.38. The molecule has 0 N–H and O–H groups in total. The Kier molecular flexibility index (Phi) is 5.58. The van der Waals surface area contributed by atoms with Gasteiger partial charge in [0.05, 0.1) is 18.2 Å². The Bertz CT molecular complexity index is 925. The molecule has 3 nitrogen and oxygen atoms in total. The third-order valence-electron chi connectivity index (χ3n) is 4.43. The largest absolute Gasteiger partial charge is 0.330 e. The van der Waals surface area contributed by atoms with Gasteiger partial charge in [-0.25, -0.2) is 4.98 Å². The van der Waals surface area contributed by atoms with Gasteiger partial charge in [0.2, 0.25) is 0 Å². The second-order valence-corrected chi connectivity index (χ2v) is 8.45. The standard InChI is InChI=1S/C22H25N3S/c1-15(2)9-21-11-20(14-26-21)17-5-6-18(19(10-17)12-23)13-25-8-7-24-22(25)16(3)4/h5-8,10-11,14-16H,9,13H2,1-4H3. The second-order valence-electron chi connectivity index (χ2n) is 7.45. The van der Waals surface area contributed by atoms with Gasteiger partial charge in [0.1, 0.15) is 5.82 Å². The van der Waals surface area contributed by atoms with Gasteiger partial charge in [-0.1, -0.05) is 39.8 Å². The van der Waals surface area contributed by atoms with Crippen molar-refractivity contribution in [3.05, 3.63) is 63.9 Å². The first kappa shape index (κ1) is 18.4. The first-order valence-corrected chi connectivity index (χ1v) is 9.97. The molecule has 0 saturated carbocycles. The number of nitriles is 1.